The molecule has 7 heteroatoms. The minimum absolute atomic E-state index is 0.145. The minimum Gasteiger partial charge on any atom is -0.365 e. The fourth-order valence-corrected chi connectivity index (χ4v) is 2.89. The number of benzene rings is 1. The first-order valence-corrected chi connectivity index (χ1v) is 8.05. The van der Waals surface area contributed by atoms with Crippen LogP contribution in [0.15, 0.2) is 42.6 Å². The first-order chi connectivity index (χ1) is 11.9. The van der Waals surface area contributed by atoms with Gasteiger partial charge in [-0.05, 0) is 29.7 Å². The number of aromatic nitrogens is 1. The zero-order valence-corrected chi connectivity index (χ0v) is 13.5. The molecular weight excluding hydrogens is 331 g/mol. The maximum atomic E-state index is 13.0. The molecule has 0 atom stereocenters. The second kappa shape index (κ2) is 7.13. The third-order valence-corrected chi connectivity index (χ3v) is 4.11. The number of halogens is 3. The largest absolute Gasteiger partial charge is 0.419 e. The number of carbonyl (C=O) groups is 1. The molecule has 3 rings (SSSR count). The Labute approximate surface area is 143 Å². The highest BCUT2D eigenvalue weighted by atomic mass is 19.4. The van der Waals surface area contributed by atoms with Crippen LogP contribution in [-0.4, -0.2) is 22.3 Å². The average molecular weight is 349 g/mol. The molecule has 0 aliphatic carbocycles. The van der Waals surface area contributed by atoms with Crippen molar-refractivity contribution < 1.29 is 18.0 Å². The summed E-state index contributed by atoms with van der Waals surface area (Å²) in [6.45, 7) is 1.51. The Bertz CT molecular complexity index is 761. The van der Waals surface area contributed by atoms with Crippen molar-refractivity contribution in [3.05, 3.63) is 59.3 Å². The summed E-state index contributed by atoms with van der Waals surface area (Å²) in [4.78, 5) is 17.3. The Kier molecular flexibility index (Phi) is 4.92. The molecule has 0 bridgehead atoms. The van der Waals surface area contributed by atoms with Gasteiger partial charge in [0.05, 0.1) is 5.56 Å². The molecule has 4 nitrogen and oxygen atoms in total. The molecule has 1 aliphatic heterocycles. The van der Waals surface area contributed by atoms with Gasteiger partial charge < -0.3 is 10.2 Å². The number of nitrogens with zero attached hydrogens (tertiary/aromatic N) is 2. The van der Waals surface area contributed by atoms with E-state index in [1.807, 2.05) is 24.3 Å². The summed E-state index contributed by atoms with van der Waals surface area (Å²) in [5.41, 5.74) is 1.02. The van der Waals surface area contributed by atoms with Crippen LogP contribution in [0.4, 0.5) is 19.0 Å². The van der Waals surface area contributed by atoms with Crippen molar-refractivity contribution in [2.24, 2.45) is 0 Å². The highest BCUT2D eigenvalue weighted by Gasteiger charge is 2.34. The summed E-state index contributed by atoms with van der Waals surface area (Å²) in [5.74, 6) is -0.0399. The van der Waals surface area contributed by atoms with E-state index in [1.54, 1.807) is 4.90 Å². The summed E-state index contributed by atoms with van der Waals surface area (Å²) in [6.07, 6.45) is -1.66. The van der Waals surface area contributed by atoms with Crippen molar-refractivity contribution >= 4 is 11.7 Å². The van der Waals surface area contributed by atoms with Gasteiger partial charge in [0.2, 0.25) is 5.91 Å². The van der Waals surface area contributed by atoms with Gasteiger partial charge >= 0.3 is 6.18 Å². The summed E-state index contributed by atoms with van der Waals surface area (Å²) < 4.78 is 39.0. The second-order valence-electron chi connectivity index (χ2n) is 5.99. The molecule has 0 spiro atoms. The van der Waals surface area contributed by atoms with Crippen molar-refractivity contribution in [1.29, 1.82) is 0 Å². The van der Waals surface area contributed by atoms with E-state index in [0.717, 1.165) is 30.2 Å². The van der Waals surface area contributed by atoms with Crippen molar-refractivity contribution in [1.82, 2.24) is 9.88 Å². The Morgan fingerprint density at radius 3 is 2.68 bits per heavy atom. The molecule has 1 fully saturated rings. The van der Waals surface area contributed by atoms with Crippen LogP contribution in [0.2, 0.25) is 0 Å². The normalized spacial score (nSPS) is 14.8. The highest BCUT2D eigenvalue weighted by Crippen LogP contribution is 2.33. The van der Waals surface area contributed by atoms with Gasteiger partial charge in [0, 0.05) is 32.3 Å². The molecule has 1 N–H and O–H groups in total. The number of hydrogen-bond acceptors (Lipinski definition) is 3. The number of anilines is 1. The Morgan fingerprint density at radius 1 is 1.16 bits per heavy atom. The van der Waals surface area contributed by atoms with Gasteiger partial charge in [-0.2, -0.15) is 13.2 Å². The van der Waals surface area contributed by atoms with Gasteiger partial charge in [0.25, 0.3) is 0 Å². The van der Waals surface area contributed by atoms with Crippen LogP contribution >= 0.6 is 0 Å². The van der Waals surface area contributed by atoms with Gasteiger partial charge in [0.1, 0.15) is 5.82 Å². The number of nitrogens with one attached hydrogen (secondary N) is 1. The molecule has 1 amide bonds. The van der Waals surface area contributed by atoms with Crippen molar-refractivity contribution in [3.8, 4) is 0 Å². The number of likely N-dealkylation sites (tertiary alicyclic amines) is 1. The summed E-state index contributed by atoms with van der Waals surface area (Å²) in [6, 6.07) is 9.76. The van der Waals surface area contributed by atoms with Crippen LogP contribution in [0, 0.1) is 0 Å². The lowest BCUT2D eigenvalue weighted by Crippen LogP contribution is -2.23. The minimum atomic E-state index is -4.45. The molecule has 0 unspecified atom stereocenters. The smallest absolute Gasteiger partial charge is 0.365 e. The molecule has 0 radical (unpaired) electrons. The van der Waals surface area contributed by atoms with Crippen LogP contribution < -0.4 is 5.32 Å². The van der Waals surface area contributed by atoms with Crippen LogP contribution in [0.1, 0.15) is 29.5 Å². The van der Waals surface area contributed by atoms with Crippen LogP contribution in [0.25, 0.3) is 0 Å². The van der Waals surface area contributed by atoms with E-state index in [9.17, 15) is 18.0 Å². The third-order valence-electron chi connectivity index (χ3n) is 4.11. The molecule has 1 aromatic heterocycles. The van der Waals surface area contributed by atoms with E-state index >= 15 is 0 Å². The maximum absolute atomic E-state index is 13.0. The lowest BCUT2D eigenvalue weighted by Gasteiger charge is -2.16. The van der Waals surface area contributed by atoms with Crippen LogP contribution in [0.3, 0.4) is 0 Å². The van der Waals surface area contributed by atoms with E-state index in [4.69, 9.17) is 0 Å². The van der Waals surface area contributed by atoms with Gasteiger partial charge in [-0.1, -0.05) is 24.3 Å². The highest BCUT2D eigenvalue weighted by molar-refractivity contribution is 5.78. The second-order valence-corrected chi connectivity index (χ2v) is 5.99. The fraction of sp³-hybridized carbons (Fsp3) is 0.333. The zero-order chi connectivity index (χ0) is 17.9. The lowest BCUT2D eigenvalue weighted by molar-refractivity contribution is -0.137. The third kappa shape index (κ3) is 4.29. The van der Waals surface area contributed by atoms with Gasteiger partial charge in [0.15, 0.2) is 0 Å². The van der Waals surface area contributed by atoms with Crippen molar-refractivity contribution in [3.63, 3.8) is 0 Å². The molecule has 25 heavy (non-hydrogen) atoms. The first-order valence-electron chi connectivity index (χ1n) is 8.05. The molecule has 2 heterocycles. The quantitative estimate of drug-likeness (QED) is 0.892. The lowest BCUT2D eigenvalue weighted by atomic mass is 10.1. The first kappa shape index (κ1) is 17.3. The Balaban J connectivity index is 1.68. The van der Waals surface area contributed by atoms with E-state index in [2.05, 4.69) is 10.3 Å². The fourth-order valence-electron chi connectivity index (χ4n) is 2.89. The van der Waals surface area contributed by atoms with Crippen molar-refractivity contribution in [2.75, 3.05) is 11.9 Å². The van der Waals surface area contributed by atoms with Crippen LogP contribution in [-0.2, 0) is 24.1 Å². The Morgan fingerprint density at radius 2 is 1.96 bits per heavy atom. The number of hydrogen-bond donors (Lipinski definition) is 1. The molecule has 1 saturated heterocycles. The summed E-state index contributed by atoms with van der Waals surface area (Å²) in [5, 5.41) is 2.75. The monoisotopic (exact) mass is 349 g/mol. The van der Waals surface area contributed by atoms with E-state index in [-0.39, 0.29) is 18.3 Å². The predicted molar refractivity (Wildman–Crippen MR) is 87.7 cm³/mol. The maximum Gasteiger partial charge on any atom is 0.419 e. The topological polar surface area (TPSA) is 45.2 Å². The molecule has 0 saturated carbocycles. The number of pyridine rings is 1. The number of alkyl halides is 3. The zero-order valence-electron chi connectivity index (χ0n) is 13.5. The van der Waals surface area contributed by atoms with Gasteiger partial charge in [-0.25, -0.2) is 4.98 Å². The predicted octanol–water partition coefficient (Wildman–Crippen LogP) is 3.83. The molecule has 1 aliphatic rings. The van der Waals surface area contributed by atoms with E-state index < -0.39 is 11.7 Å². The summed E-state index contributed by atoms with van der Waals surface area (Å²) in [7, 11) is 0. The van der Waals surface area contributed by atoms with Crippen LogP contribution in [0.5, 0.6) is 0 Å². The van der Waals surface area contributed by atoms with E-state index in [0.29, 0.717) is 13.0 Å². The van der Waals surface area contributed by atoms with E-state index in [1.165, 1.54) is 12.3 Å². The van der Waals surface area contributed by atoms with Gasteiger partial charge in [-0.15, -0.1) is 0 Å². The molecular formula is C18H18F3N3O. The summed E-state index contributed by atoms with van der Waals surface area (Å²) >= 11 is 0. The van der Waals surface area contributed by atoms with Gasteiger partial charge in [-0.3, -0.25) is 4.79 Å². The molecule has 132 valence electrons. The SMILES string of the molecule is O=C1CCCN1Cc1cccc(CNc2ncccc2C(F)(F)F)c1. The molecule has 2 aromatic rings. The number of carbonyl (C=O) groups excluding carboxylic acids is 1. The molecule has 1 aromatic carbocycles. The standard InChI is InChI=1S/C18H18F3N3O/c19-18(20,21)15-6-2-8-22-17(15)23-11-13-4-1-5-14(10-13)12-24-9-3-7-16(24)25/h1-2,4-6,8,10H,3,7,9,11-12H2,(H,22,23). The number of amides is 1. The number of rotatable bonds is 5. The van der Waals surface area contributed by atoms with Crippen molar-refractivity contribution in [2.45, 2.75) is 32.1 Å². The average Bonchev–Trinajstić information content (AvgIpc) is 2.98. The Hall–Kier alpha value is -2.57.